The number of halogens is 1. The van der Waals surface area contributed by atoms with E-state index in [4.69, 9.17) is 0 Å². The highest BCUT2D eigenvalue weighted by atomic mass is 19.1. The number of amides is 2. The van der Waals surface area contributed by atoms with Gasteiger partial charge in [-0.05, 0) is 61.5 Å². The summed E-state index contributed by atoms with van der Waals surface area (Å²) in [6, 6.07) is 17.6. The van der Waals surface area contributed by atoms with Crippen molar-refractivity contribution in [1.82, 2.24) is 4.90 Å². The van der Waals surface area contributed by atoms with E-state index in [9.17, 15) is 23.9 Å². The number of hydrogen-bond acceptors (Lipinski definition) is 5. The van der Waals surface area contributed by atoms with Gasteiger partial charge < -0.3 is 20.6 Å². The molecule has 36 heavy (non-hydrogen) atoms. The maximum atomic E-state index is 13.0. The Morgan fingerprint density at radius 1 is 0.889 bits per heavy atom. The number of carbonyl (C=O) groups excluding carboxylic acids is 2. The van der Waals surface area contributed by atoms with Crippen LogP contribution in [0, 0.1) is 12.7 Å². The van der Waals surface area contributed by atoms with Crippen molar-refractivity contribution < 1.29 is 23.9 Å². The molecule has 3 N–H and O–H groups in total. The highest BCUT2D eigenvalue weighted by Gasteiger charge is 2.23. The minimum Gasteiger partial charge on any atom is -0.478 e. The Kier molecular flexibility index (Phi) is 7.60. The number of benzene rings is 3. The van der Waals surface area contributed by atoms with E-state index >= 15 is 0 Å². The number of anilines is 3. The van der Waals surface area contributed by atoms with Crippen LogP contribution in [0.4, 0.5) is 21.5 Å². The Hall–Kier alpha value is -4.24. The predicted octanol–water partition coefficient (Wildman–Crippen LogP) is 3.85. The summed E-state index contributed by atoms with van der Waals surface area (Å²) in [6.07, 6.45) is 0. The van der Waals surface area contributed by atoms with Crippen molar-refractivity contribution in [3.63, 3.8) is 0 Å². The first-order valence-corrected chi connectivity index (χ1v) is 11.6. The van der Waals surface area contributed by atoms with E-state index < -0.39 is 5.97 Å². The lowest BCUT2D eigenvalue weighted by molar-refractivity contribution is -0.117. The normalized spacial score (nSPS) is 13.8. The van der Waals surface area contributed by atoms with Crippen LogP contribution in [0.3, 0.4) is 0 Å². The fourth-order valence-electron chi connectivity index (χ4n) is 4.13. The third kappa shape index (κ3) is 6.25. The first-order valence-electron chi connectivity index (χ1n) is 11.6. The third-order valence-electron chi connectivity index (χ3n) is 5.97. The van der Waals surface area contributed by atoms with Crippen LogP contribution in [-0.2, 0) is 4.79 Å². The molecule has 0 aliphatic carbocycles. The summed E-state index contributed by atoms with van der Waals surface area (Å²) in [5.41, 5.74) is 3.04. The highest BCUT2D eigenvalue weighted by molar-refractivity contribution is 6.05. The summed E-state index contributed by atoms with van der Waals surface area (Å²) in [5.74, 6) is -1.96. The molecule has 0 saturated carbocycles. The van der Waals surface area contributed by atoms with Gasteiger partial charge in [0.25, 0.3) is 5.91 Å². The number of aromatic carboxylic acids is 1. The first-order chi connectivity index (χ1) is 17.3. The first kappa shape index (κ1) is 24.9. The maximum absolute atomic E-state index is 13.0. The lowest BCUT2D eigenvalue weighted by atomic mass is 10.1. The zero-order valence-electron chi connectivity index (χ0n) is 19.8. The van der Waals surface area contributed by atoms with Gasteiger partial charge in [-0.3, -0.25) is 14.5 Å². The Balaban J connectivity index is 1.36. The molecule has 2 amide bonds. The fourth-order valence-corrected chi connectivity index (χ4v) is 4.13. The molecule has 4 rings (SSSR count). The van der Waals surface area contributed by atoms with Crippen LogP contribution < -0.4 is 15.5 Å². The molecule has 9 heteroatoms. The van der Waals surface area contributed by atoms with Crippen molar-refractivity contribution in [3.8, 4) is 0 Å². The molecule has 1 aliphatic heterocycles. The topological polar surface area (TPSA) is 102 Å². The quantitative estimate of drug-likeness (QED) is 0.465. The summed E-state index contributed by atoms with van der Waals surface area (Å²) in [6.45, 7) is 4.30. The van der Waals surface area contributed by atoms with Crippen LogP contribution in [0.15, 0.2) is 66.7 Å². The van der Waals surface area contributed by atoms with E-state index in [0.717, 1.165) is 5.56 Å². The zero-order chi connectivity index (χ0) is 25.7. The standard InChI is InChI=1S/C27H27FN4O4/c1-18-3-2-4-19(15-18)26(34)30-22-9-10-24(23(16-22)27(35)36)32-13-11-31(12-14-32)17-25(33)29-21-7-5-20(28)6-8-21/h2-10,15-16H,11-14,17H2,1H3,(H,29,33)(H,30,34)(H,35,36). The molecule has 1 saturated heterocycles. The highest BCUT2D eigenvalue weighted by Crippen LogP contribution is 2.26. The van der Waals surface area contributed by atoms with E-state index in [1.807, 2.05) is 22.8 Å². The van der Waals surface area contributed by atoms with Gasteiger partial charge in [0.2, 0.25) is 5.91 Å². The third-order valence-corrected chi connectivity index (χ3v) is 5.97. The number of rotatable bonds is 7. The molecule has 0 spiro atoms. The Morgan fingerprint density at radius 2 is 1.58 bits per heavy atom. The van der Waals surface area contributed by atoms with Crippen molar-refractivity contribution in [3.05, 3.63) is 89.2 Å². The van der Waals surface area contributed by atoms with Crippen molar-refractivity contribution in [1.29, 1.82) is 0 Å². The molecular weight excluding hydrogens is 463 g/mol. The summed E-state index contributed by atoms with van der Waals surface area (Å²) >= 11 is 0. The molecule has 3 aromatic carbocycles. The monoisotopic (exact) mass is 490 g/mol. The number of carbonyl (C=O) groups is 3. The molecule has 0 aromatic heterocycles. The molecule has 1 fully saturated rings. The molecule has 1 aliphatic rings. The maximum Gasteiger partial charge on any atom is 0.337 e. The van der Waals surface area contributed by atoms with Crippen molar-refractivity contribution in [2.45, 2.75) is 6.92 Å². The van der Waals surface area contributed by atoms with Crippen molar-refractivity contribution in [2.75, 3.05) is 48.3 Å². The number of aryl methyl sites for hydroxylation is 1. The van der Waals surface area contributed by atoms with Gasteiger partial charge in [-0.25, -0.2) is 9.18 Å². The minimum absolute atomic E-state index is 0.0968. The zero-order valence-corrected chi connectivity index (χ0v) is 19.8. The van der Waals surface area contributed by atoms with Crippen molar-refractivity contribution >= 4 is 34.8 Å². The second-order valence-electron chi connectivity index (χ2n) is 8.68. The largest absolute Gasteiger partial charge is 0.478 e. The number of nitrogens with one attached hydrogen (secondary N) is 2. The van der Waals surface area contributed by atoms with Crippen LogP contribution in [0.1, 0.15) is 26.3 Å². The summed E-state index contributed by atoms with van der Waals surface area (Å²) in [5, 5.41) is 15.3. The van der Waals surface area contributed by atoms with Crippen LogP contribution in [0.5, 0.6) is 0 Å². The molecule has 8 nitrogen and oxygen atoms in total. The average Bonchev–Trinajstić information content (AvgIpc) is 2.86. The van der Waals surface area contributed by atoms with Crippen LogP contribution >= 0.6 is 0 Å². The van der Waals surface area contributed by atoms with Crippen LogP contribution in [0.2, 0.25) is 0 Å². The van der Waals surface area contributed by atoms with Gasteiger partial charge in [0.05, 0.1) is 17.8 Å². The average molecular weight is 491 g/mol. The second-order valence-corrected chi connectivity index (χ2v) is 8.68. The van der Waals surface area contributed by atoms with Gasteiger partial charge >= 0.3 is 5.97 Å². The predicted molar refractivity (Wildman–Crippen MR) is 136 cm³/mol. The number of piperazine rings is 1. The Morgan fingerprint density at radius 3 is 2.25 bits per heavy atom. The molecule has 0 atom stereocenters. The van der Waals surface area contributed by atoms with Gasteiger partial charge in [-0.15, -0.1) is 0 Å². The van der Waals surface area contributed by atoms with E-state index in [1.165, 1.54) is 30.3 Å². The SMILES string of the molecule is Cc1cccc(C(=O)Nc2ccc(N3CCN(CC(=O)Nc4ccc(F)cc4)CC3)c(C(=O)O)c2)c1. The van der Waals surface area contributed by atoms with E-state index in [1.54, 1.807) is 30.3 Å². The molecule has 1 heterocycles. The van der Waals surface area contributed by atoms with Gasteiger partial charge in [-0.2, -0.15) is 0 Å². The molecule has 3 aromatic rings. The lowest BCUT2D eigenvalue weighted by Gasteiger charge is -2.36. The molecule has 0 unspecified atom stereocenters. The second kappa shape index (κ2) is 11.0. The van der Waals surface area contributed by atoms with Gasteiger partial charge in [0.1, 0.15) is 5.82 Å². The summed E-state index contributed by atoms with van der Waals surface area (Å²) in [4.78, 5) is 40.8. The number of carboxylic acid groups (broad SMARTS) is 1. The lowest BCUT2D eigenvalue weighted by Crippen LogP contribution is -2.49. The smallest absolute Gasteiger partial charge is 0.337 e. The molecule has 186 valence electrons. The van der Waals surface area contributed by atoms with Gasteiger partial charge in [0, 0.05) is 43.1 Å². The number of carboxylic acids is 1. The Bertz CT molecular complexity index is 1270. The number of hydrogen-bond donors (Lipinski definition) is 3. The van der Waals surface area contributed by atoms with E-state index in [2.05, 4.69) is 10.6 Å². The van der Waals surface area contributed by atoms with Crippen LogP contribution in [0.25, 0.3) is 0 Å². The fraction of sp³-hybridized carbons (Fsp3) is 0.222. The minimum atomic E-state index is -1.09. The van der Waals surface area contributed by atoms with Gasteiger partial charge in [-0.1, -0.05) is 17.7 Å². The summed E-state index contributed by atoms with van der Waals surface area (Å²) in [7, 11) is 0. The molecular formula is C27H27FN4O4. The van der Waals surface area contributed by atoms with Gasteiger partial charge in [0.15, 0.2) is 0 Å². The van der Waals surface area contributed by atoms with E-state index in [0.29, 0.717) is 48.8 Å². The molecule has 0 radical (unpaired) electrons. The summed E-state index contributed by atoms with van der Waals surface area (Å²) < 4.78 is 13.0. The Labute approximate surface area is 208 Å². The molecule has 0 bridgehead atoms. The number of nitrogens with zero attached hydrogens (tertiary/aromatic N) is 2. The van der Waals surface area contributed by atoms with Crippen LogP contribution in [-0.4, -0.2) is 60.5 Å². The van der Waals surface area contributed by atoms with Crippen molar-refractivity contribution in [2.24, 2.45) is 0 Å². The van der Waals surface area contributed by atoms with E-state index in [-0.39, 0.29) is 29.7 Å².